The predicted octanol–water partition coefficient (Wildman–Crippen LogP) is 3.41. The van der Waals surface area contributed by atoms with Crippen LogP contribution in [0.2, 0.25) is 0 Å². The Hall–Kier alpha value is -1.48. The van der Waals surface area contributed by atoms with Crippen molar-refractivity contribution in [2.45, 2.75) is 18.4 Å². The molecule has 1 aliphatic rings. The van der Waals surface area contributed by atoms with Gasteiger partial charge in [-0.25, -0.2) is 12.8 Å². The Morgan fingerprint density at radius 3 is 2.41 bits per heavy atom. The molecule has 0 spiro atoms. The molecule has 0 N–H and O–H groups in total. The fourth-order valence-electron chi connectivity index (χ4n) is 3.12. The lowest BCUT2D eigenvalue weighted by molar-refractivity contribution is 0.181. The van der Waals surface area contributed by atoms with Gasteiger partial charge in [-0.05, 0) is 48.4 Å². The van der Waals surface area contributed by atoms with E-state index in [9.17, 15) is 12.8 Å². The average Bonchev–Trinajstić information content (AvgIpc) is 2.64. The summed E-state index contributed by atoms with van der Waals surface area (Å²) in [5.74, 6) is -0.165. The number of sulfonamides is 1. The van der Waals surface area contributed by atoms with Crippen LogP contribution in [0.5, 0.6) is 5.75 Å². The van der Waals surface area contributed by atoms with Crippen LogP contribution in [0.15, 0.2) is 45.8 Å². The van der Waals surface area contributed by atoms with Gasteiger partial charge in [-0.1, -0.05) is 22.0 Å². The molecule has 2 aromatic rings. The topological polar surface area (TPSA) is 49.9 Å². The molecule has 0 unspecified atom stereocenters. The van der Waals surface area contributed by atoms with Gasteiger partial charge in [-0.15, -0.1) is 0 Å². The monoisotopic (exact) mass is 456 g/mol. The van der Waals surface area contributed by atoms with Gasteiger partial charge in [0.2, 0.25) is 10.0 Å². The maximum atomic E-state index is 13.8. The number of aryl methyl sites for hydroxylation is 1. The quantitative estimate of drug-likeness (QED) is 0.691. The van der Waals surface area contributed by atoms with Gasteiger partial charge < -0.3 is 4.74 Å². The minimum atomic E-state index is -3.50. The van der Waals surface area contributed by atoms with Crippen LogP contribution in [0.4, 0.5) is 4.39 Å². The van der Waals surface area contributed by atoms with Crippen LogP contribution < -0.4 is 4.74 Å². The van der Waals surface area contributed by atoms with E-state index in [0.29, 0.717) is 37.6 Å². The summed E-state index contributed by atoms with van der Waals surface area (Å²) in [7, 11) is -2.07. The molecule has 146 valence electrons. The lowest BCUT2D eigenvalue weighted by Crippen LogP contribution is -2.48. The largest absolute Gasteiger partial charge is 0.494 e. The van der Waals surface area contributed by atoms with Crippen LogP contribution in [0.1, 0.15) is 11.1 Å². The van der Waals surface area contributed by atoms with E-state index in [2.05, 4.69) is 20.8 Å². The van der Waals surface area contributed by atoms with Crippen molar-refractivity contribution in [2.75, 3.05) is 33.3 Å². The SMILES string of the molecule is COc1ccc(CN2CCN(S(=O)(=O)c3ccc(Br)c(C)c3)CC2)cc1F. The van der Waals surface area contributed by atoms with E-state index in [-0.39, 0.29) is 11.6 Å². The van der Waals surface area contributed by atoms with Crippen LogP contribution >= 0.6 is 15.9 Å². The summed E-state index contributed by atoms with van der Waals surface area (Å²) >= 11 is 3.40. The number of rotatable bonds is 5. The number of benzene rings is 2. The van der Waals surface area contributed by atoms with Gasteiger partial charge in [0, 0.05) is 37.2 Å². The molecule has 1 saturated heterocycles. The lowest BCUT2D eigenvalue weighted by atomic mass is 10.2. The Morgan fingerprint density at radius 1 is 1.11 bits per heavy atom. The molecule has 2 aromatic carbocycles. The Bertz CT molecular complexity index is 929. The van der Waals surface area contributed by atoms with Crippen molar-refractivity contribution in [1.82, 2.24) is 9.21 Å². The predicted molar refractivity (Wildman–Crippen MR) is 106 cm³/mol. The average molecular weight is 457 g/mol. The van der Waals surface area contributed by atoms with Gasteiger partial charge in [0.15, 0.2) is 11.6 Å². The number of ether oxygens (including phenoxy) is 1. The zero-order valence-electron chi connectivity index (χ0n) is 15.3. The fourth-order valence-corrected chi connectivity index (χ4v) is 4.88. The molecule has 5 nitrogen and oxygen atoms in total. The second kappa shape index (κ2) is 8.26. The van der Waals surface area contributed by atoms with Crippen molar-refractivity contribution in [3.8, 4) is 5.75 Å². The highest BCUT2D eigenvalue weighted by Gasteiger charge is 2.28. The van der Waals surface area contributed by atoms with Crippen LogP contribution in [-0.4, -0.2) is 50.9 Å². The van der Waals surface area contributed by atoms with Crippen molar-refractivity contribution in [3.05, 3.63) is 57.8 Å². The summed E-state index contributed by atoms with van der Waals surface area (Å²) in [5, 5.41) is 0. The molecule has 1 aliphatic heterocycles. The molecule has 8 heteroatoms. The first-order valence-electron chi connectivity index (χ1n) is 8.62. The highest BCUT2D eigenvalue weighted by molar-refractivity contribution is 9.10. The standard InChI is InChI=1S/C19H22BrFN2O3S/c1-14-11-16(4-5-17(14)20)27(24,25)23-9-7-22(8-10-23)13-15-3-6-19(26-2)18(21)12-15/h3-6,11-12H,7-10,13H2,1-2H3. The first-order valence-corrected chi connectivity index (χ1v) is 10.9. The summed E-state index contributed by atoms with van der Waals surface area (Å²) in [5.41, 5.74) is 1.73. The molecule has 3 rings (SSSR count). The second-order valence-electron chi connectivity index (χ2n) is 6.56. The number of methoxy groups -OCH3 is 1. The number of piperazine rings is 1. The van der Waals surface area contributed by atoms with E-state index < -0.39 is 10.0 Å². The third-order valence-electron chi connectivity index (χ3n) is 4.72. The molecule has 0 aromatic heterocycles. The molecule has 1 fully saturated rings. The highest BCUT2D eigenvalue weighted by Crippen LogP contribution is 2.24. The van der Waals surface area contributed by atoms with E-state index in [0.717, 1.165) is 15.6 Å². The van der Waals surface area contributed by atoms with Crippen LogP contribution in [-0.2, 0) is 16.6 Å². The van der Waals surface area contributed by atoms with Gasteiger partial charge in [0.25, 0.3) is 0 Å². The number of hydrogen-bond donors (Lipinski definition) is 0. The highest BCUT2D eigenvalue weighted by atomic mass is 79.9. The minimum Gasteiger partial charge on any atom is -0.494 e. The van der Waals surface area contributed by atoms with Gasteiger partial charge in [0.1, 0.15) is 0 Å². The number of hydrogen-bond acceptors (Lipinski definition) is 4. The van der Waals surface area contributed by atoms with Crippen molar-refractivity contribution >= 4 is 26.0 Å². The van der Waals surface area contributed by atoms with E-state index in [1.54, 1.807) is 24.3 Å². The van der Waals surface area contributed by atoms with Crippen LogP contribution in [0.3, 0.4) is 0 Å². The Kier molecular flexibility index (Phi) is 6.20. The Balaban J connectivity index is 1.64. The van der Waals surface area contributed by atoms with Crippen LogP contribution in [0, 0.1) is 12.7 Å². The third-order valence-corrected chi connectivity index (χ3v) is 7.51. The first kappa shape index (κ1) is 20.3. The molecular weight excluding hydrogens is 435 g/mol. The normalized spacial score (nSPS) is 16.4. The first-order chi connectivity index (χ1) is 12.8. The summed E-state index contributed by atoms with van der Waals surface area (Å²) in [6.07, 6.45) is 0. The number of nitrogens with zero attached hydrogens (tertiary/aromatic N) is 2. The molecule has 0 saturated carbocycles. The van der Waals surface area contributed by atoms with Crippen molar-refractivity contribution in [1.29, 1.82) is 0 Å². The zero-order chi connectivity index (χ0) is 19.6. The summed E-state index contributed by atoms with van der Waals surface area (Å²) in [4.78, 5) is 2.44. The van der Waals surface area contributed by atoms with E-state index in [1.165, 1.54) is 17.5 Å². The van der Waals surface area contributed by atoms with Gasteiger partial charge in [0.05, 0.1) is 12.0 Å². The minimum absolute atomic E-state index is 0.222. The van der Waals surface area contributed by atoms with Crippen molar-refractivity contribution in [3.63, 3.8) is 0 Å². The zero-order valence-corrected chi connectivity index (χ0v) is 17.7. The van der Waals surface area contributed by atoms with Gasteiger partial charge >= 0.3 is 0 Å². The molecule has 1 heterocycles. The maximum absolute atomic E-state index is 13.8. The number of halogens is 2. The van der Waals surface area contributed by atoms with Crippen LogP contribution in [0.25, 0.3) is 0 Å². The third kappa shape index (κ3) is 4.51. The van der Waals surface area contributed by atoms with Gasteiger partial charge in [-0.2, -0.15) is 4.31 Å². The van der Waals surface area contributed by atoms with E-state index in [1.807, 2.05) is 13.0 Å². The van der Waals surface area contributed by atoms with E-state index >= 15 is 0 Å². The summed E-state index contributed by atoms with van der Waals surface area (Å²) in [6, 6.07) is 9.98. The smallest absolute Gasteiger partial charge is 0.243 e. The summed E-state index contributed by atoms with van der Waals surface area (Å²) < 4.78 is 46.9. The lowest BCUT2D eigenvalue weighted by Gasteiger charge is -2.34. The van der Waals surface area contributed by atoms with Crippen molar-refractivity contribution in [2.24, 2.45) is 0 Å². The Labute approximate surface area is 167 Å². The second-order valence-corrected chi connectivity index (χ2v) is 9.35. The molecular formula is C19H22BrFN2O3S. The molecule has 0 bridgehead atoms. The molecule has 27 heavy (non-hydrogen) atoms. The molecule has 0 radical (unpaired) electrons. The summed E-state index contributed by atoms with van der Waals surface area (Å²) in [6.45, 7) is 4.47. The molecule has 0 aliphatic carbocycles. The van der Waals surface area contributed by atoms with Crippen molar-refractivity contribution < 1.29 is 17.5 Å². The van der Waals surface area contributed by atoms with E-state index in [4.69, 9.17) is 4.74 Å². The fraction of sp³-hybridized carbons (Fsp3) is 0.368. The molecule has 0 amide bonds. The van der Waals surface area contributed by atoms with Gasteiger partial charge in [-0.3, -0.25) is 4.90 Å². The Morgan fingerprint density at radius 2 is 1.81 bits per heavy atom. The molecule has 0 atom stereocenters. The maximum Gasteiger partial charge on any atom is 0.243 e.